The lowest BCUT2D eigenvalue weighted by Crippen LogP contribution is -2.30. The van der Waals surface area contributed by atoms with Crippen LogP contribution in [0.4, 0.5) is 0 Å². The molecular formula is C10H21BrO. The second-order valence-electron chi connectivity index (χ2n) is 3.89. The van der Waals surface area contributed by atoms with Gasteiger partial charge >= 0.3 is 0 Å². The monoisotopic (exact) mass is 236 g/mol. The zero-order chi connectivity index (χ0) is 9.61. The Bertz CT molecular complexity index is 116. The molecule has 0 saturated carbocycles. The number of halogens is 1. The number of rotatable bonds is 6. The lowest BCUT2D eigenvalue weighted by molar-refractivity contribution is 0.0892. The van der Waals surface area contributed by atoms with E-state index in [0.29, 0.717) is 11.3 Å². The molecule has 2 unspecified atom stereocenters. The molecule has 0 aromatic carbocycles. The fraction of sp³-hybridized carbons (Fsp3) is 1.00. The van der Waals surface area contributed by atoms with Crippen LogP contribution >= 0.6 is 15.9 Å². The largest absolute Gasteiger partial charge is 0.384 e. The summed E-state index contributed by atoms with van der Waals surface area (Å²) >= 11 is 3.59. The molecule has 0 bridgehead atoms. The quantitative estimate of drug-likeness (QED) is 0.643. The minimum absolute atomic E-state index is 0.394. The molecule has 0 aliphatic carbocycles. The SMILES string of the molecule is CCCC(C)(CBr)C(C)COC. The van der Waals surface area contributed by atoms with Gasteiger partial charge in [0.1, 0.15) is 0 Å². The van der Waals surface area contributed by atoms with Gasteiger partial charge in [0.2, 0.25) is 0 Å². The summed E-state index contributed by atoms with van der Waals surface area (Å²) in [7, 11) is 1.77. The maximum absolute atomic E-state index is 5.18. The van der Waals surface area contributed by atoms with Crippen molar-refractivity contribution in [1.29, 1.82) is 0 Å². The van der Waals surface area contributed by atoms with Crippen molar-refractivity contribution in [2.24, 2.45) is 11.3 Å². The number of methoxy groups -OCH3 is 1. The van der Waals surface area contributed by atoms with Crippen LogP contribution in [0.1, 0.15) is 33.6 Å². The van der Waals surface area contributed by atoms with E-state index in [2.05, 4.69) is 36.7 Å². The molecule has 2 heteroatoms. The molecule has 0 aromatic rings. The minimum atomic E-state index is 0.394. The van der Waals surface area contributed by atoms with E-state index in [1.165, 1.54) is 12.8 Å². The Morgan fingerprint density at radius 2 is 2.08 bits per heavy atom. The minimum Gasteiger partial charge on any atom is -0.384 e. The molecule has 74 valence electrons. The molecule has 0 rings (SSSR count). The lowest BCUT2D eigenvalue weighted by atomic mass is 9.77. The first-order chi connectivity index (χ1) is 5.60. The van der Waals surface area contributed by atoms with Gasteiger partial charge < -0.3 is 4.74 Å². The van der Waals surface area contributed by atoms with Gasteiger partial charge in [0.15, 0.2) is 0 Å². The molecule has 12 heavy (non-hydrogen) atoms. The zero-order valence-corrected chi connectivity index (χ0v) is 10.3. The van der Waals surface area contributed by atoms with Crippen LogP contribution in [0.15, 0.2) is 0 Å². The summed E-state index contributed by atoms with van der Waals surface area (Å²) in [5.74, 6) is 0.627. The molecule has 0 amide bonds. The summed E-state index contributed by atoms with van der Waals surface area (Å²) in [6.45, 7) is 7.69. The van der Waals surface area contributed by atoms with Gasteiger partial charge in [-0.25, -0.2) is 0 Å². The van der Waals surface area contributed by atoms with Gasteiger partial charge in [0.05, 0.1) is 0 Å². The molecule has 0 aromatic heterocycles. The van der Waals surface area contributed by atoms with Gasteiger partial charge in [0, 0.05) is 19.0 Å². The van der Waals surface area contributed by atoms with Gasteiger partial charge in [-0.2, -0.15) is 0 Å². The van der Waals surface area contributed by atoms with Crippen molar-refractivity contribution in [1.82, 2.24) is 0 Å². The van der Waals surface area contributed by atoms with Gasteiger partial charge in [-0.1, -0.05) is 43.1 Å². The third kappa shape index (κ3) is 3.44. The summed E-state index contributed by atoms with van der Waals surface area (Å²) in [5, 5.41) is 1.07. The van der Waals surface area contributed by atoms with E-state index >= 15 is 0 Å². The highest BCUT2D eigenvalue weighted by Gasteiger charge is 2.28. The number of hydrogen-bond acceptors (Lipinski definition) is 1. The second kappa shape index (κ2) is 5.98. The fourth-order valence-corrected chi connectivity index (χ4v) is 2.30. The summed E-state index contributed by atoms with van der Waals surface area (Å²) in [4.78, 5) is 0. The van der Waals surface area contributed by atoms with Crippen LogP contribution in [0.3, 0.4) is 0 Å². The van der Waals surface area contributed by atoms with Gasteiger partial charge in [-0.15, -0.1) is 0 Å². The van der Waals surface area contributed by atoms with Crippen molar-refractivity contribution < 1.29 is 4.74 Å². The highest BCUT2D eigenvalue weighted by atomic mass is 79.9. The van der Waals surface area contributed by atoms with Crippen molar-refractivity contribution in [2.75, 3.05) is 19.0 Å². The topological polar surface area (TPSA) is 9.23 Å². The first kappa shape index (κ1) is 12.4. The van der Waals surface area contributed by atoms with Crippen LogP contribution in [0.5, 0.6) is 0 Å². The first-order valence-corrected chi connectivity index (χ1v) is 5.77. The third-order valence-corrected chi connectivity index (χ3v) is 4.01. The average molecular weight is 237 g/mol. The Balaban J connectivity index is 4.08. The van der Waals surface area contributed by atoms with Gasteiger partial charge in [0.25, 0.3) is 0 Å². The van der Waals surface area contributed by atoms with Gasteiger partial charge in [-0.3, -0.25) is 0 Å². The molecule has 0 fully saturated rings. The number of ether oxygens (including phenoxy) is 1. The molecule has 0 spiro atoms. The van der Waals surface area contributed by atoms with E-state index in [4.69, 9.17) is 4.74 Å². The molecule has 0 aliphatic heterocycles. The molecule has 0 radical (unpaired) electrons. The van der Waals surface area contributed by atoms with E-state index in [0.717, 1.165) is 11.9 Å². The van der Waals surface area contributed by atoms with Crippen molar-refractivity contribution in [3.63, 3.8) is 0 Å². The van der Waals surface area contributed by atoms with Crippen molar-refractivity contribution in [3.05, 3.63) is 0 Å². The highest BCUT2D eigenvalue weighted by Crippen LogP contribution is 2.34. The van der Waals surface area contributed by atoms with E-state index in [1.807, 2.05) is 0 Å². The fourth-order valence-electron chi connectivity index (χ4n) is 1.47. The first-order valence-electron chi connectivity index (χ1n) is 4.65. The normalized spacial score (nSPS) is 18.8. The zero-order valence-electron chi connectivity index (χ0n) is 8.69. The molecule has 0 N–H and O–H groups in total. The maximum Gasteiger partial charge on any atom is 0.0493 e. The van der Waals surface area contributed by atoms with E-state index < -0.39 is 0 Å². The number of alkyl halides is 1. The van der Waals surface area contributed by atoms with Gasteiger partial charge in [-0.05, 0) is 17.8 Å². The predicted octanol–water partition coefficient (Wildman–Crippen LogP) is 3.47. The average Bonchev–Trinajstić information content (AvgIpc) is 2.05. The van der Waals surface area contributed by atoms with Crippen molar-refractivity contribution in [2.45, 2.75) is 33.6 Å². The van der Waals surface area contributed by atoms with E-state index in [1.54, 1.807) is 7.11 Å². The van der Waals surface area contributed by atoms with E-state index in [-0.39, 0.29) is 0 Å². The Kier molecular flexibility index (Phi) is 6.20. The highest BCUT2D eigenvalue weighted by molar-refractivity contribution is 9.09. The Hall–Kier alpha value is 0.440. The standard InChI is InChI=1S/C10H21BrO/c1-5-6-10(3,8-11)9(2)7-12-4/h9H,5-8H2,1-4H3. The summed E-state index contributed by atoms with van der Waals surface area (Å²) in [5.41, 5.74) is 0.394. The molecule has 1 nitrogen and oxygen atoms in total. The van der Waals surface area contributed by atoms with Crippen LogP contribution in [0.2, 0.25) is 0 Å². The van der Waals surface area contributed by atoms with Crippen LogP contribution in [-0.4, -0.2) is 19.0 Å². The van der Waals surface area contributed by atoms with Crippen LogP contribution in [0.25, 0.3) is 0 Å². The smallest absolute Gasteiger partial charge is 0.0493 e. The van der Waals surface area contributed by atoms with Crippen molar-refractivity contribution in [3.8, 4) is 0 Å². The lowest BCUT2D eigenvalue weighted by Gasteiger charge is -2.33. The molecule has 0 saturated heterocycles. The van der Waals surface area contributed by atoms with E-state index in [9.17, 15) is 0 Å². The van der Waals surface area contributed by atoms with Crippen LogP contribution in [-0.2, 0) is 4.74 Å². The number of hydrogen-bond donors (Lipinski definition) is 0. The van der Waals surface area contributed by atoms with Crippen molar-refractivity contribution >= 4 is 15.9 Å². The summed E-state index contributed by atoms with van der Waals surface area (Å²) in [6.07, 6.45) is 2.51. The Morgan fingerprint density at radius 1 is 1.50 bits per heavy atom. The molecular weight excluding hydrogens is 216 g/mol. The summed E-state index contributed by atoms with van der Waals surface area (Å²) in [6, 6.07) is 0. The third-order valence-electron chi connectivity index (χ3n) is 2.73. The Labute approximate surface area is 85.0 Å². The second-order valence-corrected chi connectivity index (χ2v) is 4.45. The van der Waals surface area contributed by atoms with Crippen LogP contribution in [0, 0.1) is 11.3 Å². The van der Waals surface area contributed by atoms with Crippen LogP contribution < -0.4 is 0 Å². The molecule has 0 heterocycles. The Morgan fingerprint density at radius 3 is 2.42 bits per heavy atom. The molecule has 0 aliphatic rings. The molecule has 2 atom stereocenters. The summed E-state index contributed by atoms with van der Waals surface area (Å²) < 4.78 is 5.18. The predicted molar refractivity (Wildman–Crippen MR) is 57.8 cm³/mol. The maximum atomic E-state index is 5.18.